The average Bonchev–Trinajstić information content (AvgIpc) is 3.30. The first-order valence-electron chi connectivity index (χ1n) is 8.38. The van der Waals surface area contributed by atoms with Crippen LogP contribution in [0, 0.1) is 0 Å². The number of imide groups is 1. The SMILES string of the molecule is CCc1nnc(NC(=O)CN2C(=O)N[C@@]3(CCc4ccccc43)C2=O)s1. The molecule has 1 aromatic carbocycles. The fraction of sp³-hybridized carbons (Fsp3) is 0.353. The van der Waals surface area contributed by atoms with Gasteiger partial charge >= 0.3 is 6.03 Å². The summed E-state index contributed by atoms with van der Waals surface area (Å²) in [7, 11) is 0. The van der Waals surface area contributed by atoms with Crippen molar-refractivity contribution in [3.8, 4) is 0 Å². The van der Waals surface area contributed by atoms with Gasteiger partial charge in [0.2, 0.25) is 11.0 Å². The van der Waals surface area contributed by atoms with Crippen molar-refractivity contribution in [3.05, 3.63) is 40.4 Å². The average molecular weight is 371 g/mol. The number of hydrogen-bond acceptors (Lipinski definition) is 6. The molecule has 8 nitrogen and oxygen atoms in total. The highest BCUT2D eigenvalue weighted by Gasteiger charge is 2.55. The summed E-state index contributed by atoms with van der Waals surface area (Å²) in [5, 5.41) is 14.4. The molecule has 0 saturated carbocycles. The molecule has 4 rings (SSSR count). The number of urea groups is 1. The lowest BCUT2D eigenvalue weighted by atomic mass is 9.92. The van der Waals surface area contributed by atoms with Crippen molar-refractivity contribution < 1.29 is 14.4 Å². The summed E-state index contributed by atoms with van der Waals surface area (Å²) in [6.07, 6.45) is 1.95. The summed E-state index contributed by atoms with van der Waals surface area (Å²) < 4.78 is 0. The van der Waals surface area contributed by atoms with E-state index >= 15 is 0 Å². The Morgan fingerprint density at radius 2 is 2.15 bits per heavy atom. The van der Waals surface area contributed by atoms with Gasteiger partial charge in [-0.2, -0.15) is 0 Å². The van der Waals surface area contributed by atoms with Gasteiger partial charge in [-0.25, -0.2) is 4.79 Å². The molecule has 2 aliphatic rings. The molecule has 1 aromatic heterocycles. The lowest BCUT2D eigenvalue weighted by Crippen LogP contribution is -2.42. The van der Waals surface area contributed by atoms with Crippen LogP contribution in [0.2, 0.25) is 0 Å². The van der Waals surface area contributed by atoms with E-state index in [2.05, 4.69) is 20.8 Å². The summed E-state index contributed by atoms with van der Waals surface area (Å²) in [6.45, 7) is 1.59. The van der Waals surface area contributed by atoms with Gasteiger partial charge in [0.25, 0.3) is 5.91 Å². The third-order valence-electron chi connectivity index (χ3n) is 4.74. The molecule has 1 fully saturated rings. The van der Waals surface area contributed by atoms with Crippen LogP contribution >= 0.6 is 11.3 Å². The Morgan fingerprint density at radius 1 is 1.35 bits per heavy atom. The van der Waals surface area contributed by atoms with Crippen LogP contribution < -0.4 is 10.6 Å². The van der Waals surface area contributed by atoms with Crippen molar-refractivity contribution in [2.24, 2.45) is 0 Å². The third kappa shape index (κ3) is 2.55. The van der Waals surface area contributed by atoms with Gasteiger partial charge in [0.15, 0.2) is 0 Å². The number of rotatable bonds is 4. The number of carbonyl (C=O) groups excluding carboxylic acids is 3. The highest BCUT2D eigenvalue weighted by molar-refractivity contribution is 7.15. The van der Waals surface area contributed by atoms with Crippen molar-refractivity contribution in [2.45, 2.75) is 31.7 Å². The summed E-state index contributed by atoms with van der Waals surface area (Å²) >= 11 is 1.27. The van der Waals surface area contributed by atoms with Crippen LogP contribution in [-0.2, 0) is 28.0 Å². The van der Waals surface area contributed by atoms with Gasteiger partial charge in [0.05, 0.1) is 0 Å². The number of benzene rings is 1. The smallest absolute Gasteiger partial charge is 0.319 e. The Bertz CT molecular complexity index is 911. The standard InChI is InChI=1S/C17H17N5O3S/c1-2-13-20-21-15(26-13)18-12(23)9-22-14(24)17(19-16(22)25)8-7-10-5-3-4-6-11(10)17/h3-6H,2,7-9H2,1H3,(H,19,25)(H,18,21,23)/t17-/m1/s1. The Labute approximate surface area is 153 Å². The number of carbonyl (C=O) groups is 3. The topological polar surface area (TPSA) is 104 Å². The molecule has 0 unspecified atom stereocenters. The molecular weight excluding hydrogens is 354 g/mol. The molecule has 0 radical (unpaired) electrons. The number of aromatic nitrogens is 2. The zero-order valence-corrected chi connectivity index (χ0v) is 14.9. The molecule has 4 amide bonds. The minimum Gasteiger partial charge on any atom is -0.319 e. The number of anilines is 1. The second-order valence-electron chi connectivity index (χ2n) is 6.29. The number of fused-ring (bicyclic) bond motifs is 2. The van der Waals surface area contributed by atoms with E-state index in [1.807, 2.05) is 31.2 Å². The second kappa shape index (κ2) is 6.17. The molecule has 2 N–H and O–H groups in total. The minimum atomic E-state index is -1.05. The molecule has 0 bridgehead atoms. The quantitative estimate of drug-likeness (QED) is 0.791. The molecule has 2 aromatic rings. The highest BCUT2D eigenvalue weighted by atomic mass is 32.1. The van der Waals surface area contributed by atoms with E-state index < -0.39 is 17.5 Å². The zero-order valence-electron chi connectivity index (χ0n) is 14.1. The fourth-order valence-corrected chi connectivity index (χ4v) is 4.18. The molecule has 1 spiro atoms. The van der Waals surface area contributed by atoms with Crippen molar-refractivity contribution in [1.82, 2.24) is 20.4 Å². The van der Waals surface area contributed by atoms with Crippen LogP contribution in [0.25, 0.3) is 0 Å². The molecule has 9 heteroatoms. The van der Waals surface area contributed by atoms with Crippen LogP contribution in [0.3, 0.4) is 0 Å². The van der Waals surface area contributed by atoms with E-state index in [9.17, 15) is 14.4 Å². The lowest BCUT2D eigenvalue weighted by Gasteiger charge is -2.22. The Balaban J connectivity index is 1.51. The van der Waals surface area contributed by atoms with E-state index in [0.29, 0.717) is 18.0 Å². The first-order valence-corrected chi connectivity index (χ1v) is 9.20. The zero-order chi connectivity index (χ0) is 18.3. The van der Waals surface area contributed by atoms with Crippen LogP contribution in [0.5, 0.6) is 0 Å². The molecule has 2 heterocycles. The summed E-state index contributed by atoms with van der Waals surface area (Å²) in [5.74, 6) is -0.857. The van der Waals surface area contributed by atoms with Gasteiger partial charge in [0, 0.05) is 0 Å². The fourth-order valence-electron chi connectivity index (χ4n) is 3.48. The van der Waals surface area contributed by atoms with Gasteiger partial charge in [-0.3, -0.25) is 19.8 Å². The normalized spacial score (nSPS) is 21.2. The first kappa shape index (κ1) is 16.6. The van der Waals surface area contributed by atoms with Gasteiger partial charge < -0.3 is 5.32 Å². The summed E-state index contributed by atoms with van der Waals surface area (Å²) in [5.41, 5.74) is 0.817. The third-order valence-corrected chi connectivity index (χ3v) is 5.72. The van der Waals surface area contributed by atoms with E-state index in [4.69, 9.17) is 0 Å². The Hall–Kier alpha value is -2.81. The maximum Gasteiger partial charge on any atom is 0.325 e. The first-order chi connectivity index (χ1) is 12.5. The monoisotopic (exact) mass is 371 g/mol. The van der Waals surface area contributed by atoms with Gasteiger partial charge in [-0.05, 0) is 30.4 Å². The Kier molecular flexibility index (Phi) is 3.95. The Morgan fingerprint density at radius 3 is 2.92 bits per heavy atom. The molecule has 1 aliphatic carbocycles. The molecular formula is C17H17N5O3S. The minimum absolute atomic E-state index is 0.352. The van der Waals surface area contributed by atoms with Gasteiger partial charge in [-0.1, -0.05) is 42.5 Å². The number of hydrogen-bond donors (Lipinski definition) is 2. The van der Waals surface area contributed by atoms with Crippen molar-refractivity contribution in [1.29, 1.82) is 0 Å². The molecule has 1 aliphatic heterocycles. The predicted octanol–water partition coefficient (Wildman–Crippen LogP) is 1.43. The second-order valence-corrected chi connectivity index (χ2v) is 7.35. The number of nitrogens with zero attached hydrogens (tertiary/aromatic N) is 3. The van der Waals surface area contributed by atoms with Gasteiger partial charge in [-0.15, -0.1) is 10.2 Å². The van der Waals surface area contributed by atoms with E-state index in [-0.39, 0.29) is 12.5 Å². The van der Waals surface area contributed by atoms with Crippen molar-refractivity contribution in [3.63, 3.8) is 0 Å². The number of amides is 4. The summed E-state index contributed by atoms with van der Waals surface area (Å²) in [4.78, 5) is 38.6. The van der Waals surface area contributed by atoms with Gasteiger partial charge in [0.1, 0.15) is 17.1 Å². The maximum atomic E-state index is 13.0. The van der Waals surface area contributed by atoms with Crippen LogP contribution in [0.4, 0.5) is 9.93 Å². The predicted molar refractivity (Wildman–Crippen MR) is 94.6 cm³/mol. The van der Waals surface area contributed by atoms with E-state index in [1.54, 1.807) is 0 Å². The molecule has 1 saturated heterocycles. The number of nitrogens with one attached hydrogen (secondary N) is 2. The van der Waals surface area contributed by atoms with Crippen LogP contribution in [0.15, 0.2) is 24.3 Å². The number of aryl methyl sites for hydroxylation is 2. The largest absolute Gasteiger partial charge is 0.325 e. The molecule has 1 atom stereocenters. The molecule has 26 heavy (non-hydrogen) atoms. The van der Waals surface area contributed by atoms with Crippen LogP contribution in [0.1, 0.15) is 29.5 Å². The van der Waals surface area contributed by atoms with Crippen molar-refractivity contribution in [2.75, 3.05) is 11.9 Å². The van der Waals surface area contributed by atoms with Crippen molar-refractivity contribution >= 4 is 34.3 Å². The molecule has 134 valence electrons. The summed E-state index contributed by atoms with van der Waals surface area (Å²) in [6, 6.07) is 7.03. The lowest BCUT2D eigenvalue weighted by molar-refractivity contribution is -0.134. The van der Waals surface area contributed by atoms with Crippen LogP contribution in [-0.4, -0.2) is 39.5 Å². The maximum absolute atomic E-state index is 13.0. The van der Waals surface area contributed by atoms with E-state index in [0.717, 1.165) is 27.5 Å². The highest BCUT2D eigenvalue weighted by Crippen LogP contribution is 2.41. The van der Waals surface area contributed by atoms with E-state index in [1.165, 1.54) is 11.3 Å².